The number of carbonyl (C=O) groups is 2. The largest absolute Gasteiger partial charge is 0.479 e. The number of nitrogens with one attached hydrogen (secondary N) is 1. The Hall–Kier alpha value is -2.02. The highest BCUT2D eigenvalue weighted by Crippen LogP contribution is 2.22. The molecule has 0 aromatic heterocycles. The van der Waals surface area contributed by atoms with E-state index in [1.165, 1.54) is 0 Å². The van der Waals surface area contributed by atoms with Gasteiger partial charge >= 0.3 is 5.97 Å². The van der Waals surface area contributed by atoms with Gasteiger partial charge in [0.25, 0.3) is 5.91 Å². The Bertz CT molecular complexity index is 520. The van der Waals surface area contributed by atoms with Gasteiger partial charge in [-0.1, -0.05) is 0 Å². The van der Waals surface area contributed by atoms with Crippen molar-refractivity contribution >= 4 is 17.6 Å². The van der Waals surface area contributed by atoms with Crippen LogP contribution in [-0.2, 0) is 14.3 Å². The number of hydrogen-bond donors (Lipinski definition) is 2. The zero-order valence-corrected chi connectivity index (χ0v) is 9.73. The molecule has 2 rings (SSSR count). The Kier molecular flexibility index (Phi) is 3.75. The monoisotopic (exact) mass is 271 g/mol. The number of hydrogen-bond acceptors (Lipinski definition) is 3. The highest BCUT2D eigenvalue weighted by molar-refractivity contribution is 5.94. The van der Waals surface area contributed by atoms with Gasteiger partial charge in [-0.15, -0.1) is 0 Å². The van der Waals surface area contributed by atoms with E-state index in [2.05, 4.69) is 5.32 Å². The molecule has 1 aromatic carbocycles. The van der Waals surface area contributed by atoms with Crippen LogP contribution in [0.3, 0.4) is 0 Å². The number of rotatable bonds is 3. The van der Waals surface area contributed by atoms with E-state index < -0.39 is 35.7 Å². The maximum atomic E-state index is 13.3. The maximum Gasteiger partial charge on any atom is 0.332 e. The Labute approximate surface area is 107 Å². The van der Waals surface area contributed by atoms with Gasteiger partial charge in [-0.25, -0.2) is 13.6 Å². The molecule has 1 aromatic rings. The van der Waals surface area contributed by atoms with Gasteiger partial charge in [0.2, 0.25) is 0 Å². The van der Waals surface area contributed by atoms with Crippen LogP contribution in [0.1, 0.15) is 12.8 Å². The van der Waals surface area contributed by atoms with Crippen LogP contribution < -0.4 is 5.32 Å². The number of benzene rings is 1. The van der Waals surface area contributed by atoms with Gasteiger partial charge < -0.3 is 15.2 Å². The van der Waals surface area contributed by atoms with Gasteiger partial charge in [0.1, 0.15) is 17.7 Å². The van der Waals surface area contributed by atoms with E-state index >= 15 is 0 Å². The maximum absolute atomic E-state index is 13.3. The summed E-state index contributed by atoms with van der Waals surface area (Å²) < 4.78 is 31.2. The van der Waals surface area contributed by atoms with Crippen LogP contribution >= 0.6 is 0 Å². The fourth-order valence-electron chi connectivity index (χ4n) is 1.82. The second kappa shape index (κ2) is 5.31. The summed E-state index contributed by atoms with van der Waals surface area (Å²) in [5.41, 5.74) is -0.299. The molecule has 2 atom stereocenters. The molecule has 19 heavy (non-hydrogen) atoms. The lowest BCUT2D eigenvalue weighted by Gasteiger charge is -2.12. The van der Waals surface area contributed by atoms with Crippen molar-refractivity contribution in [2.75, 3.05) is 5.32 Å². The Morgan fingerprint density at radius 3 is 2.58 bits per heavy atom. The molecule has 7 heteroatoms. The van der Waals surface area contributed by atoms with Crippen LogP contribution in [0, 0.1) is 11.6 Å². The third kappa shape index (κ3) is 3.05. The SMILES string of the molecule is O=C(Nc1cc(F)ccc1F)[C@@H]1CC[C@H](C(=O)O)O1. The van der Waals surface area contributed by atoms with Gasteiger partial charge in [0.15, 0.2) is 6.10 Å². The summed E-state index contributed by atoms with van der Waals surface area (Å²) in [4.78, 5) is 22.4. The van der Waals surface area contributed by atoms with Crippen molar-refractivity contribution in [1.82, 2.24) is 0 Å². The second-order valence-corrected chi connectivity index (χ2v) is 4.14. The van der Waals surface area contributed by atoms with Crippen LogP contribution in [0.25, 0.3) is 0 Å². The van der Waals surface area contributed by atoms with Crippen LogP contribution in [0.4, 0.5) is 14.5 Å². The van der Waals surface area contributed by atoms with E-state index in [-0.39, 0.29) is 18.5 Å². The van der Waals surface area contributed by atoms with Crippen LogP contribution in [0.5, 0.6) is 0 Å². The molecule has 0 aliphatic carbocycles. The van der Waals surface area contributed by atoms with Crippen molar-refractivity contribution in [3.05, 3.63) is 29.8 Å². The molecule has 0 saturated carbocycles. The summed E-state index contributed by atoms with van der Waals surface area (Å²) in [6, 6.07) is 2.66. The minimum atomic E-state index is -1.15. The van der Waals surface area contributed by atoms with Gasteiger partial charge in [-0.2, -0.15) is 0 Å². The first kappa shape index (κ1) is 13.4. The number of amides is 1. The van der Waals surface area contributed by atoms with Crippen LogP contribution in [0.15, 0.2) is 18.2 Å². The molecule has 0 spiro atoms. The predicted octanol–water partition coefficient (Wildman–Crippen LogP) is 1.54. The van der Waals surface area contributed by atoms with Crippen LogP contribution in [0.2, 0.25) is 0 Å². The molecule has 102 valence electrons. The van der Waals surface area contributed by atoms with E-state index in [9.17, 15) is 18.4 Å². The Morgan fingerprint density at radius 1 is 1.26 bits per heavy atom. The average molecular weight is 271 g/mol. The molecule has 1 saturated heterocycles. The first-order valence-electron chi connectivity index (χ1n) is 5.61. The summed E-state index contributed by atoms with van der Waals surface area (Å²) in [5, 5.41) is 10.9. The molecule has 2 N–H and O–H groups in total. The third-order valence-corrected chi connectivity index (χ3v) is 2.77. The lowest BCUT2D eigenvalue weighted by molar-refractivity contribution is -0.150. The highest BCUT2D eigenvalue weighted by atomic mass is 19.1. The van der Waals surface area contributed by atoms with E-state index in [4.69, 9.17) is 9.84 Å². The minimum Gasteiger partial charge on any atom is -0.479 e. The van der Waals surface area contributed by atoms with Gasteiger partial charge in [0.05, 0.1) is 5.69 Å². The molecule has 1 amide bonds. The summed E-state index contributed by atoms with van der Waals surface area (Å²) >= 11 is 0. The number of carboxylic acids is 1. The summed E-state index contributed by atoms with van der Waals surface area (Å²) in [5.74, 6) is -3.30. The van der Waals surface area contributed by atoms with E-state index in [1.807, 2.05) is 0 Å². The number of carbonyl (C=O) groups excluding carboxylic acids is 1. The molecule has 1 aliphatic heterocycles. The zero-order chi connectivity index (χ0) is 14.0. The normalized spacial score (nSPS) is 22.2. The smallest absolute Gasteiger partial charge is 0.332 e. The Balaban J connectivity index is 2.02. The molecule has 1 fully saturated rings. The van der Waals surface area contributed by atoms with Crippen molar-refractivity contribution in [3.63, 3.8) is 0 Å². The molecule has 0 unspecified atom stereocenters. The number of halogens is 2. The fourth-order valence-corrected chi connectivity index (χ4v) is 1.82. The standard InChI is InChI=1S/C12H11F2NO4/c13-6-1-2-7(14)8(5-6)15-11(16)9-3-4-10(19-9)12(17)18/h1-2,5,9-10H,3-4H2,(H,15,16)(H,17,18)/t9-,10+/m0/s1. The zero-order valence-electron chi connectivity index (χ0n) is 9.73. The quantitative estimate of drug-likeness (QED) is 0.874. The second-order valence-electron chi connectivity index (χ2n) is 4.14. The molecule has 0 bridgehead atoms. The Morgan fingerprint density at radius 2 is 1.95 bits per heavy atom. The summed E-state index contributed by atoms with van der Waals surface area (Å²) in [6.07, 6.45) is -1.57. The average Bonchev–Trinajstić information content (AvgIpc) is 2.83. The van der Waals surface area contributed by atoms with Gasteiger partial charge in [-0.3, -0.25) is 4.79 Å². The first-order chi connectivity index (χ1) is 8.97. The minimum absolute atomic E-state index is 0.207. The van der Waals surface area contributed by atoms with Crippen molar-refractivity contribution < 1.29 is 28.2 Å². The molecule has 1 aliphatic rings. The van der Waals surface area contributed by atoms with Crippen LogP contribution in [-0.4, -0.2) is 29.2 Å². The van der Waals surface area contributed by atoms with Crippen molar-refractivity contribution in [2.45, 2.75) is 25.0 Å². The topological polar surface area (TPSA) is 75.6 Å². The van der Waals surface area contributed by atoms with Crippen molar-refractivity contribution in [2.24, 2.45) is 0 Å². The number of aliphatic carboxylic acids is 1. The summed E-state index contributed by atoms with van der Waals surface area (Å²) in [6.45, 7) is 0. The number of ether oxygens (including phenoxy) is 1. The molecule has 0 radical (unpaired) electrons. The molecule has 5 nitrogen and oxygen atoms in total. The summed E-state index contributed by atoms with van der Waals surface area (Å²) in [7, 11) is 0. The first-order valence-corrected chi connectivity index (χ1v) is 5.61. The van der Waals surface area contributed by atoms with Crippen molar-refractivity contribution in [1.29, 1.82) is 0 Å². The molecular formula is C12H11F2NO4. The van der Waals surface area contributed by atoms with Gasteiger partial charge in [-0.05, 0) is 25.0 Å². The number of carboxylic acid groups (broad SMARTS) is 1. The van der Waals surface area contributed by atoms with E-state index in [0.29, 0.717) is 0 Å². The number of anilines is 1. The fraction of sp³-hybridized carbons (Fsp3) is 0.333. The predicted molar refractivity (Wildman–Crippen MR) is 60.5 cm³/mol. The van der Waals surface area contributed by atoms with E-state index in [0.717, 1.165) is 18.2 Å². The van der Waals surface area contributed by atoms with E-state index in [1.54, 1.807) is 0 Å². The lowest BCUT2D eigenvalue weighted by atomic mass is 10.2. The van der Waals surface area contributed by atoms with Crippen molar-refractivity contribution in [3.8, 4) is 0 Å². The third-order valence-electron chi connectivity index (χ3n) is 2.77. The highest BCUT2D eigenvalue weighted by Gasteiger charge is 2.34. The molecule has 1 heterocycles. The van der Waals surface area contributed by atoms with Gasteiger partial charge in [0, 0.05) is 6.07 Å². The lowest BCUT2D eigenvalue weighted by Crippen LogP contribution is -2.30. The molecular weight excluding hydrogens is 260 g/mol.